The normalized spacial score (nSPS) is 17.8. The summed E-state index contributed by atoms with van der Waals surface area (Å²) in [5, 5.41) is 4.62. The molecule has 1 saturated carbocycles. The maximum atomic E-state index is 4.46. The van der Waals surface area contributed by atoms with Gasteiger partial charge in [-0.05, 0) is 26.7 Å². The van der Waals surface area contributed by atoms with Crippen molar-refractivity contribution in [2.45, 2.75) is 51.6 Å². The lowest BCUT2D eigenvalue weighted by Crippen LogP contribution is -2.13. The van der Waals surface area contributed by atoms with E-state index < -0.39 is 0 Å². The minimum atomic E-state index is 0.209. The van der Waals surface area contributed by atoms with Gasteiger partial charge >= 0.3 is 0 Å². The van der Waals surface area contributed by atoms with E-state index in [2.05, 4.69) is 39.9 Å². The summed E-state index contributed by atoms with van der Waals surface area (Å²) in [4.78, 5) is 10.2. The monoisotopic (exact) mass is 276 g/mol. The maximum absolute atomic E-state index is 4.46. The molecule has 2 aromatic heterocycles. The molecule has 3 rings (SSSR count). The van der Waals surface area contributed by atoms with Crippen molar-refractivity contribution >= 4 is 17.3 Å². The van der Waals surface area contributed by atoms with Gasteiger partial charge in [0, 0.05) is 29.5 Å². The van der Waals surface area contributed by atoms with Gasteiger partial charge in [-0.2, -0.15) is 0 Å². The second-order valence-corrected chi connectivity index (χ2v) is 6.54. The Morgan fingerprint density at radius 1 is 1.37 bits per heavy atom. The fraction of sp³-hybridized carbons (Fsp3) is 0.571. The molecule has 0 bridgehead atoms. The summed E-state index contributed by atoms with van der Waals surface area (Å²) >= 11 is 1.75. The molecule has 102 valence electrons. The van der Waals surface area contributed by atoms with Crippen LogP contribution < -0.4 is 5.32 Å². The summed E-state index contributed by atoms with van der Waals surface area (Å²) in [6.07, 6.45) is 11.1. The molecule has 1 aliphatic carbocycles. The van der Waals surface area contributed by atoms with Gasteiger partial charge in [0.25, 0.3) is 0 Å². The number of nitrogens with zero attached hydrogens (tertiary/aromatic N) is 3. The van der Waals surface area contributed by atoms with Crippen molar-refractivity contribution in [2.75, 3.05) is 5.32 Å². The highest BCUT2D eigenvalue weighted by molar-refractivity contribution is 7.11. The molecule has 1 N–H and O–H groups in total. The van der Waals surface area contributed by atoms with Crippen LogP contribution in [0.5, 0.6) is 0 Å². The van der Waals surface area contributed by atoms with Crippen molar-refractivity contribution in [3.05, 3.63) is 28.5 Å². The number of anilines is 1. The number of rotatable bonds is 4. The standard InChI is InChI=1S/C14H20N4S/c1-10-9-16-13(19-10)11(2)17-14-15-7-8-18(14)12-5-3-4-6-12/h7-9,11-12H,3-6H2,1-2H3,(H,15,17). The van der Waals surface area contributed by atoms with Gasteiger partial charge in [-0.3, -0.25) is 0 Å². The highest BCUT2D eigenvalue weighted by atomic mass is 32.1. The number of nitrogens with one attached hydrogen (secondary N) is 1. The molecule has 0 radical (unpaired) electrons. The molecule has 1 atom stereocenters. The van der Waals surface area contributed by atoms with E-state index in [0.29, 0.717) is 6.04 Å². The third-order valence-corrected chi connectivity index (χ3v) is 4.84. The Morgan fingerprint density at radius 3 is 2.84 bits per heavy atom. The lowest BCUT2D eigenvalue weighted by Gasteiger charge is -2.18. The van der Waals surface area contributed by atoms with Crippen LogP contribution in [0.2, 0.25) is 0 Å². The van der Waals surface area contributed by atoms with Gasteiger partial charge in [0.2, 0.25) is 5.95 Å². The van der Waals surface area contributed by atoms with Crippen LogP contribution in [0.3, 0.4) is 0 Å². The average molecular weight is 276 g/mol. The summed E-state index contributed by atoms with van der Waals surface area (Å²) in [5.41, 5.74) is 0. The summed E-state index contributed by atoms with van der Waals surface area (Å²) in [6.45, 7) is 4.24. The number of aromatic nitrogens is 3. The molecular weight excluding hydrogens is 256 g/mol. The highest BCUT2D eigenvalue weighted by Gasteiger charge is 2.20. The molecule has 0 spiro atoms. The van der Waals surface area contributed by atoms with Crippen molar-refractivity contribution in [2.24, 2.45) is 0 Å². The molecule has 1 unspecified atom stereocenters. The van der Waals surface area contributed by atoms with Gasteiger partial charge in [0.05, 0.1) is 6.04 Å². The molecule has 0 aliphatic heterocycles. The minimum Gasteiger partial charge on any atom is -0.347 e. The molecule has 4 nitrogen and oxygen atoms in total. The van der Waals surface area contributed by atoms with E-state index in [9.17, 15) is 0 Å². The lowest BCUT2D eigenvalue weighted by molar-refractivity contribution is 0.521. The number of hydrogen-bond donors (Lipinski definition) is 1. The molecule has 2 aromatic rings. The maximum Gasteiger partial charge on any atom is 0.203 e. The smallest absolute Gasteiger partial charge is 0.203 e. The van der Waals surface area contributed by atoms with Crippen molar-refractivity contribution in [1.29, 1.82) is 0 Å². The van der Waals surface area contributed by atoms with E-state index >= 15 is 0 Å². The van der Waals surface area contributed by atoms with Crippen molar-refractivity contribution in [1.82, 2.24) is 14.5 Å². The molecule has 1 fully saturated rings. The van der Waals surface area contributed by atoms with Crippen LogP contribution in [0.15, 0.2) is 18.6 Å². The fourth-order valence-corrected chi connectivity index (χ4v) is 3.51. The SMILES string of the molecule is Cc1cnc(C(C)Nc2nccn2C2CCCC2)s1. The van der Waals surface area contributed by atoms with Gasteiger partial charge < -0.3 is 9.88 Å². The van der Waals surface area contributed by atoms with Crippen LogP contribution in [0.1, 0.15) is 54.6 Å². The van der Waals surface area contributed by atoms with Crippen molar-refractivity contribution in [3.63, 3.8) is 0 Å². The van der Waals surface area contributed by atoms with Crippen LogP contribution in [0.4, 0.5) is 5.95 Å². The van der Waals surface area contributed by atoms with Crippen LogP contribution in [0, 0.1) is 6.92 Å². The molecular formula is C14H20N4S. The number of thiazole rings is 1. The summed E-state index contributed by atoms with van der Waals surface area (Å²) < 4.78 is 2.30. The van der Waals surface area contributed by atoms with Gasteiger partial charge in [0.1, 0.15) is 5.01 Å². The van der Waals surface area contributed by atoms with E-state index in [1.807, 2.05) is 12.4 Å². The average Bonchev–Trinajstić information content (AvgIpc) is 3.07. The Labute approximate surface area is 117 Å². The minimum absolute atomic E-state index is 0.209. The first-order valence-electron chi connectivity index (χ1n) is 6.96. The third-order valence-electron chi connectivity index (χ3n) is 3.74. The summed E-state index contributed by atoms with van der Waals surface area (Å²) in [7, 11) is 0. The first kappa shape index (κ1) is 12.7. The van der Waals surface area contributed by atoms with E-state index in [1.54, 1.807) is 11.3 Å². The van der Waals surface area contributed by atoms with Gasteiger partial charge in [-0.15, -0.1) is 11.3 Å². The summed E-state index contributed by atoms with van der Waals surface area (Å²) in [6, 6.07) is 0.830. The van der Waals surface area contributed by atoms with Crippen molar-refractivity contribution in [3.8, 4) is 0 Å². The van der Waals surface area contributed by atoms with Gasteiger partial charge in [-0.1, -0.05) is 12.8 Å². The van der Waals surface area contributed by atoms with Crippen LogP contribution in [-0.4, -0.2) is 14.5 Å². The second-order valence-electron chi connectivity index (χ2n) is 5.27. The molecule has 1 aliphatic rings. The molecule has 2 heterocycles. The van der Waals surface area contributed by atoms with Crippen LogP contribution in [0.25, 0.3) is 0 Å². The van der Waals surface area contributed by atoms with E-state index in [0.717, 1.165) is 11.0 Å². The largest absolute Gasteiger partial charge is 0.347 e. The first-order valence-corrected chi connectivity index (χ1v) is 7.77. The number of aryl methyl sites for hydroxylation is 1. The van der Waals surface area contributed by atoms with Crippen molar-refractivity contribution < 1.29 is 0 Å². The Balaban J connectivity index is 1.74. The third kappa shape index (κ3) is 2.66. The molecule has 5 heteroatoms. The highest BCUT2D eigenvalue weighted by Crippen LogP contribution is 2.32. The Morgan fingerprint density at radius 2 is 2.16 bits per heavy atom. The van der Waals surface area contributed by atoms with Crippen LogP contribution >= 0.6 is 11.3 Å². The molecule has 0 saturated heterocycles. The van der Waals surface area contributed by atoms with Gasteiger partial charge in [0.15, 0.2) is 0 Å². The number of imidazole rings is 1. The topological polar surface area (TPSA) is 42.7 Å². The zero-order chi connectivity index (χ0) is 13.2. The molecule has 0 amide bonds. The zero-order valence-electron chi connectivity index (χ0n) is 11.5. The zero-order valence-corrected chi connectivity index (χ0v) is 12.3. The Hall–Kier alpha value is -1.36. The van der Waals surface area contributed by atoms with Crippen LogP contribution in [-0.2, 0) is 0 Å². The fourth-order valence-electron chi connectivity index (χ4n) is 2.73. The predicted molar refractivity (Wildman–Crippen MR) is 78.6 cm³/mol. The molecule has 19 heavy (non-hydrogen) atoms. The lowest BCUT2D eigenvalue weighted by atomic mass is 10.2. The summed E-state index contributed by atoms with van der Waals surface area (Å²) in [5.74, 6) is 0.979. The Bertz CT molecular complexity index is 539. The number of hydrogen-bond acceptors (Lipinski definition) is 4. The second kappa shape index (κ2) is 5.33. The Kier molecular flexibility index (Phi) is 3.55. The predicted octanol–water partition coefficient (Wildman–Crippen LogP) is 3.94. The first-order chi connectivity index (χ1) is 9.24. The van der Waals surface area contributed by atoms with E-state index in [-0.39, 0.29) is 6.04 Å². The van der Waals surface area contributed by atoms with Gasteiger partial charge in [-0.25, -0.2) is 9.97 Å². The quantitative estimate of drug-likeness (QED) is 0.920. The molecule has 0 aromatic carbocycles. The van der Waals surface area contributed by atoms with E-state index in [1.165, 1.54) is 30.6 Å². The van der Waals surface area contributed by atoms with E-state index in [4.69, 9.17) is 0 Å².